The molecule has 0 heterocycles. The highest BCUT2D eigenvalue weighted by Gasteiger charge is 2.26. The number of allylic oxidation sites excluding steroid dienone is 17. The Morgan fingerprint density at radius 1 is 0.567 bits per heavy atom. The molecular formula is C51H87N2O6P. The zero-order valence-corrected chi connectivity index (χ0v) is 38.8. The molecule has 0 rings (SSSR count). The topological polar surface area (TPSA) is 131 Å². The summed E-state index contributed by atoms with van der Waals surface area (Å²) in [4.78, 5) is 22.7. The molecule has 342 valence electrons. The third-order valence-corrected chi connectivity index (χ3v) is 10.5. The van der Waals surface area contributed by atoms with Crippen LogP contribution in [-0.2, 0) is 18.4 Å². The van der Waals surface area contributed by atoms with E-state index < -0.39 is 20.0 Å². The Labute approximate surface area is 367 Å². The fourth-order valence-corrected chi connectivity index (χ4v) is 6.81. The Morgan fingerprint density at radius 2 is 0.983 bits per heavy atom. The van der Waals surface area contributed by atoms with E-state index in [1.165, 1.54) is 70.6 Å². The molecule has 0 spiro atoms. The highest BCUT2D eigenvalue weighted by molar-refractivity contribution is 7.47. The van der Waals surface area contributed by atoms with E-state index >= 15 is 0 Å². The molecule has 0 aromatic heterocycles. The van der Waals surface area contributed by atoms with Crippen LogP contribution < -0.4 is 11.1 Å². The SMILES string of the molecule is CC/C=C\C/C=C\C/C=C\C/C=C\C/C=C\C/C=C\CCCCC(=O)NC(COP(=O)(O)OCCN)C(O)/C=C/CC/C=C/CC/C=C/CCCCCCCCCCCC. The van der Waals surface area contributed by atoms with Crippen LogP contribution in [0.5, 0.6) is 0 Å². The Balaban J connectivity index is 4.37. The first-order chi connectivity index (χ1) is 29.4. The van der Waals surface area contributed by atoms with Crippen LogP contribution in [-0.4, -0.2) is 47.8 Å². The molecule has 3 unspecified atom stereocenters. The van der Waals surface area contributed by atoms with Gasteiger partial charge in [0.1, 0.15) is 0 Å². The van der Waals surface area contributed by atoms with Gasteiger partial charge in [-0.1, -0.05) is 181 Å². The molecule has 5 N–H and O–H groups in total. The quantitative estimate of drug-likeness (QED) is 0.0273. The Morgan fingerprint density at radius 3 is 1.48 bits per heavy atom. The second-order valence-electron chi connectivity index (χ2n) is 15.2. The zero-order chi connectivity index (χ0) is 43.9. The summed E-state index contributed by atoms with van der Waals surface area (Å²) in [6.45, 7) is 3.94. The molecule has 60 heavy (non-hydrogen) atoms. The van der Waals surface area contributed by atoms with Crippen LogP contribution >= 0.6 is 7.82 Å². The predicted octanol–water partition coefficient (Wildman–Crippen LogP) is 13.7. The normalized spacial score (nSPS) is 14.9. The van der Waals surface area contributed by atoms with Gasteiger partial charge in [0.05, 0.1) is 25.4 Å². The van der Waals surface area contributed by atoms with Crippen LogP contribution in [0.25, 0.3) is 0 Å². The lowest BCUT2D eigenvalue weighted by Crippen LogP contribution is -2.45. The van der Waals surface area contributed by atoms with Crippen molar-refractivity contribution in [1.82, 2.24) is 5.32 Å². The second-order valence-corrected chi connectivity index (χ2v) is 16.7. The molecule has 0 aromatic rings. The summed E-state index contributed by atoms with van der Waals surface area (Å²) in [6.07, 6.45) is 64.4. The lowest BCUT2D eigenvalue weighted by Gasteiger charge is -2.23. The molecule has 0 aliphatic heterocycles. The van der Waals surface area contributed by atoms with Gasteiger partial charge in [0.25, 0.3) is 0 Å². The number of amides is 1. The molecule has 0 aliphatic carbocycles. The first-order valence-corrected chi connectivity index (χ1v) is 25.0. The lowest BCUT2D eigenvalue weighted by atomic mass is 10.1. The van der Waals surface area contributed by atoms with Gasteiger partial charge in [0.15, 0.2) is 0 Å². The Hall–Kier alpha value is -2.84. The van der Waals surface area contributed by atoms with Gasteiger partial charge >= 0.3 is 7.82 Å². The maximum atomic E-state index is 12.8. The smallest absolute Gasteiger partial charge is 0.387 e. The average molecular weight is 855 g/mol. The molecule has 0 saturated heterocycles. The molecule has 0 fully saturated rings. The number of hydrogen-bond donors (Lipinski definition) is 4. The van der Waals surface area contributed by atoms with Crippen molar-refractivity contribution in [1.29, 1.82) is 0 Å². The Kier molecular flexibility index (Phi) is 43.5. The molecule has 0 bridgehead atoms. The first-order valence-electron chi connectivity index (χ1n) is 23.5. The van der Waals surface area contributed by atoms with E-state index in [1.807, 2.05) is 6.08 Å². The standard InChI is InChI=1S/C51H87N2O6P/c1-3-5-7-9-11-13-15-17-19-21-23-25-27-29-31-33-35-37-39-41-43-45-51(55)53-49(48-59-60(56,57)58-47-46-52)50(54)44-42-40-38-36-34-32-30-28-26-24-22-20-18-16-14-12-10-8-6-4-2/h5,7,11,13,17,19,23,25-26,28-29,31,34-37,42,44,49-50,54H,3-4,6,8-10,12,14-16,18,20-22,24,27,30,32-33,38-41,43,45-48,52H2,1-2H3,(H,53,55)(H,56,57)/b7-5-,13-11-,19-17-,25-23-,28-26+,31-29-,36-34+,37-35-,44-42+. The molecule has 0 aromatic carbocycles. The van der Waals surface area contributed by atoms with Crippen LogP contribution in [0, 0.1) is 0 Å². The predicted molar refractivity (Wildman–Crippen MR) is 258 cm³/mol. The number of rotatable bonds is 42. The number of unbranched alkanes of at least 4 members (excludes halogenated alkanes) is 14. The number of aliphatic hydroxyl groups is 1. The van der Waals surface area contributed by atoms with E-state index in [4.69, 9.17) is 14.8 Å². The number of nitrogens with one attached hydrogen (secondary N) is 1. The molecule has 9 heteroatoms. The maximum absolute atomic E-state index is 12.8. The molecule has 3 atom stereocenters. The third-order valence-electron chi connectivity index (χ3n) is 9.56. The van der Waals surface area contributed by atoms with Gasteiger partial charge in [-0.25, -0.2) is 4.57 Å². The largest absolute Gasteiger partial charge is 0.472 e. The van der Waals surface area contributed by atoms with Crippen LogP contribution in [0.1, 0.15) is 174 Å². The van der Waals surface area contributed by atoms with E-state index in [0.29, 0.717) is 6.42 Å². The molecule has 0 aliphatic rings. The number of phosphoric ester groups is 1. The van der Waals surface area contributed by atoms with Crippen LogP contribution in [0.15, 0.2) is 109 Å². The van der Waals surface area contributed by atoms with E-state index in [9.17, 15) is 19.4 Å². The van der Waals surface area contributed by atoms with E-state index in [2.05, 4.69) is 116 Å². The zero-order valence-electron chi connectivity index (χ0n) is 37.9. The van der Waals surface area contributed by atoms with Crippen molar-refractivity contribution in [2.24, 2.45) is 5.73 Å². The maximum Gasteiger partial charge on any atom is 0.472 e. The van der Waals surface area contributed by atoms with Gasteiger partial charge < -0.3 is 21.1 Å². The summed E-state index contributed by atoms with van der Waals surface area (Å²) in [7, 11) is -4.38. The van der Waals surface area contributed by atoms with E-state index in [-0.39, 0.29) is 32.1 Å². The number of carbonyl (C=O) groups excluding carboxylic acids is 1. The molecule has 1 amide bonds. The van der Waals surface area contributed by atoms with Crippen LogP contribution in [0.4, 0.5) is 0 Å². The van der Waals surface area contributed by atoms with E-state index in [1.54, 1.807) is 6.08 Å². The molecule has 0 saturated carbocycles. The fourth-order valence-electron chi connectivity index (χ4n) is 6.05. The monoisotopic (exact) mass is 855 g/mol. The van der Waals surface area contributed by atoms with Crippen molar-refractivity contribution < 1.29 is 28.4 Å². The van der Waals surface area contributed by atoms with Crippen molar-refractivity contribution in [3.05, 3.63) is 109 Å². The highest BCUT2D eigenvalue weighted by Crippen LogP contribution is 2.43. The second kappa shape index (κ2) is 45.7. The van der Waals surface area contributed by atoms with Gasteiger partial charge in [0.2, 0.25) is 5.91 Å². The number of hydrogen-bond acceptors (Lipinski definition) is 6. The number of phosphoric acid groups is 1. The highest BCUT2D eigenvalue weighted by atomic mass is 31.2. The van der Waals surface area contributed by atoms with E-state index in [0.717, 1.165) is 77.0 Å². The summed E-state index contributed by atoms with van der Waals surface area (Å²) in [5, 5.41) is 13.6. The molecule has 8 nitrogen and oxygen atoms in total. The Bertz CT molecular complexity index is 1300. The van der Waals surface area contributed by atoms with Gasteiger partial charge in [-0.2, -0.15) is 0 Å². The molecular weight excluding hydrogens is 768 g/mol. The fraction of sp³-hybridized carbons (Fsp3) is 0.627. The number of aliphatic hydroxyl groups excluding tert-OH is 1. The van der Waals surface area contributed by atoms with Gasteiger partial charge in [-0.05, 0) is 96.3 Å². The van der Waals surface area contributed by atoms with Crippen molar-refractivity contribution in [3.63, 3.8) is 0 Å². The van der Waals surface area contributed by atoms with Gasteiger partial charge in [-0.15, -0.1) is 0 Å². The van der Waals surface area contributed by atoms with Crippen molar-refractivity contribution >= 4 is 13.7 Å². The number of nitrogens with two attached hydrogens (primary N) is 1. The van der Waals surface area contributed by atoms with Gasteiger partial charge in [0, 0.05) is 13.0 Å². The summed E-state index contributed by atoms with van der Waals surface area (Å²) in [5.74, 6) is -0.255. The van der Waals surface area contributed by atoms with Crippen LogP contribution in [0.2, 0.25) is 0 Å². The summed E-state index contributed by atoms with van der Waals surface area (Å²) in [5.41, 5.74) is 5.38. The lowest BCUT2D eigenvalue weighted by molar-refractivity contribution is -0.123. The summed E-state index contributed by atoms with van der Waals surface area (Å²) < 4.78 is 22.1. The number of carbonyl (C=O) groups is 1. The third kappa shape index (κ3) is 43.3. The summed E-state index contributed by atoms with van der Waals surface area (Å²) in [6, 6.07) is -0.915. The van der Waals surface area contributed by atoms with Crippen LogP contribution in [0.3, 0.4) is 0 Å². The minimum Gasteiger partial charge on any atom is -0.387 e. The molecule has 0 radical (unpaired) electrons. The summed E-state index contributed by atoms with van der Waals surface area (Å²) >= 11 is 0. The first kappa shape index (κ1) is 57.2. The minimum atomic E-state index is -4.38. The minimum absolute atomic E-state index is 0.0581. The average Bonchev–Trinajstić information content (AvgIpc) is 3.24. The van der Waals surface area contributed by atoms with Crippen molar-refractivity contribution in [3.8, 4) is 0 Å². The van der Waals surface area contributed by atoms with Gasteiger partial charge in [-0.3, -0.25) is 13.8 Å². The van der Waals surface area contributed by atoms with Crippen molar-refractivity contribution in [2.45, 2.75) is 187 Å². The van der Waals surface area contributed by atoms with Crippen molar-refractivity contribution in [2.75, 3.05) is 19.8 Å².